The molecule has 0 fully saturated rings. The summed E-state index contributed by atoms with van der Waals surface area (Å²) in [6, 6.07) is 80.4. The smallest absolute Gasteiger partial charge is 0.0979 e. The van der Waals surface area contributed by atoms with Crippen molar-refractivity contribution < 1.29 is 0 Å². The average Bonchev–Trinajstić information content (AvgIpc) is 3.72. The first kappa shape index (κ1) is 36.0. The summed E-state index contributed by atoms with van der Waals surface area (Å²) >= 11 is 1.85. The first-order chi connectivity index (χ1) is 30.7. The molecule has 290 valence electrons. The maximum Gasteiger partial charge on any atom is 0.0979 e. The largest absolute Gasteiger partial charge is 0.310 e. The number of rotatable bonds is 7. The van der Waals surface area contributed by atoms with Gasteiger partial charge in [0.25, 0.3) is 0 Å². The number of hydrogen-bond acceptors (Lipinski definition) is 4. The Labute approximate surface area is 363 Å². The molecule has 0 aliphatic heterocycles. The van der Waals surface area contributed by atoms with Gasteiger partial charge in [-0.25, -0.2) is 9.97 Å². The van der Waals surface area contributed by atoms with Gasteiger partial charge in [-0.2, -0.15) is 0 Å². The summed E-state index contributed by atoms with van der Waals surface area (Å²) in [7, 11) is 0. The van der Waals surface area contributed by atoms with E-state index in [9.17, 15) is 0 Å². The highest BCUT2D eigenvalue weighted by molar-refractivity contribution is 7.25. The molecule has 4 heteroatoms. The summed E-state index contributed by atoms with van der Waals surface area (Å²) in [4.78, 5) is 13.2. The topological polar surface area (TPSA) is 29.0 Å². The van der Waals surface area contributed by atoms with Gasteiger partial charge in [0.1, 0.15) is 0 Å². The van der Waals surface area contributed by atoms with Crippen molar-refractivity contribution >= 4 is 81.1 Å². The number of thiophene rings is 1. The Kier molecular flexibility index (Phi) is 8.68. The van der Waals surface area contributed by atoms with Gasteiger partial charge in [0.05, 0.1) is 22.4 Å². The second-order valence-corrected chi connectivity index (χ2v) is 16.8. The van der Waals surface area contributed by atoms with E-state index < -0.39 is 0 Å². The van der Waals surface area contributed by atoms with E-state index in [0.29, 0.717) is 0 Å². The Bertz CT molecular complexity index is 3600. The summed E-state index contributed by atoms with van der Waals surface area (Å²) in [5, 5.41) is 7.18. The minimum absolute atomic E-state index is 0.879. The molecule has 0 spiro atoms. The van der Waals surface area contributed by atoms with Crippen molar-refractivity contribution in [1.82, 2.24) is 9.97 Å². The minimum Gasteiger partial charge on any atom is -0.310 e. The Balaban J connectivity index is 0.976. The van der Waals surface area contributed by atoms with Crippen molar-refractivity contribution in [3.8, 4) is 44.8 Å². The number of fused-ring (bicyclic) bond motifs is 8. The molecule has 12 rings (SSSR count). The zero-order valence-electron chi connectivity index (χ0n) is 33.6. The average molecular weight is 808 g/mol. The van der Waals surface area contributed by atoms with Gasteiger partial charge >= 0.3 is 0 Å². The predicted octanol–water partition coefficient (Wildman–Crippen LogP) is 16.4. The zero-order chi connectivity index (χ0) is 41.0. The molecule has 0 bridgehead atoms. The molecule has 0 amide bonds. The summed E-state index contributed by atoms with van der Waals surface area (Å²) in [6.07, 6.45) is 0. The third kappa shape index (κ3) is 6.28. The normalized spacial score (nSPS) is 11.5. The van der Waals surface area contributed by atoms with Gasteiger partial charge in [-0.05, 0) is 93.0 Å². The van der Waals surface area contributed by atoms with Gasteiger partial charge in [0.15, 0.2) is 0 Å². The van der Waals surface area contributed by atoms with Gasteiger partial charge in [0, 0.05) is 53.7 Å². The second kappa shape index (κ2) is 15.0. The van der Waals surface area contributed by atoms with Gasteiger partial charge in [-0.3, -0.25) is 0 Å². The molecule has 2 heterocycles. The molecule has 10 aromatic carbocycles. The third-order valence-electron chi connectivity index (χ3n) is 12.0. The van der Waals surface area contributed by atoms with E-state index in [1.54, 1.807) is 0 Å². The van der Waals surface area contributed by atoms with Gasteiger partial charge in [-0.1, -0.05) is 170 Å². The number of anilines is 3. The molecular formula is C58H37N3S. The minimum atomic E-state index is 0.879. The molecule has 0 atom stereocenters. The fraction of sp³-hybridized carbons (Fsp3) is 0. The van der Waals surface area contributed by atoms with Crippen LogP contribution in [-0.4, -0.2) is 9.97 Å². The number of benzene rings is 10. The van der Waals surface area contributed by atoms with Crippen LogP contribution in [0.15, 0.2) is 224 Å². The lowest BCUT2D eigenvalue weighted by Crippen LogP contribution is -2.09. The fourth-order valence-electron chi connectivity index (χ4n) is 8.97. The van der Waals surface area contributed by atoms with E-state index in [-0.39, 0.29) is 0 Å². The SMILES string of the molecule is c1ccc(-c2ccc(N(c3ccc(-c4ccc5ccc6ccc7nc(-c8ccccc8)c(-c8ccccc8)nc7c6c5c4)cc3)c3ccc4c(c3)sc3ccccc34)cc2)cc1. The van der Waals surface area contributed by atoms with Crippen molar-refractivity contribution in [2.75, 3.05) is 4.90 Å². The molecule has 0 saturated carbocycles. The molecule has 0 unspecified atom stereocenters. The fourth-order valence-corrected chi connectivity index (χ4v) is 10.1. The van der Waals surface area contributed by atoms with Crippen LogP contribution in [-0.2, 0) is 0 Å². The molecule has 0 aliphatic carbocycles. The first-order valence-electron chi connectivity index (χ1n) is 21.0. The maximum absolute atomic E-state index is 5.48. The highest BCUT2D eigenvalue weighted by atomic mass is 32.1. The van der Waals surface area contributed by atoms with E-state index in [1.165, 1.54) is 36.7 Å². The van der Waals surface area contributed by atoms with Crippen LogP contribution in [0.2, 0.25) is 0 Å². The van der Waals surface area contributed by atoms with E-state index in [4.69, 9.17) is 9.97 Å². The van der Waals surface area contributed by atoms with E-state index in [2.05, 4.69) is 217 Å². The Hall–Kier alpha value is -7.92. The van der Waals surface area contributed by atoms with Crippen LogP contribution < -0.4 is 4.90 Å². The first-order valence-corrected chi connectivity index (χ1v) is 21.8. The lowest BCUT2D eigenvalue weighted by Gasteiger charge is -2.26. The standard InChI is InChI=1S/C58H37N3S/c1-4-12-38(13-5-1)39-24-29-46(30-25-39)61(48-33-34-50-49-18-10-11-19-53(49)62-54(50)37-48)47-31-26-40(27-32-47)45-23-21-41-20-22-42-28-35-52-58(55(42)51(41)36-45)60-57(44-16-8-3-9-17-44)56(59-52)43-14-6-2-7-15-43/h1-37H. The van der Waals surface area contributed by atoms with Crippen molar-refractivity contribution in [2.24, 2.45) is 0 Å². The van der Waals surface area contributed by atoms with Crippen LogP contribution in [0.1, 0.15) is 0 Å². The molecule has 0 saturated heterocycles. The summed E-state index contributed by atoms with van der Waals surface area (Å²) in [5.41, 5.74) is 13.7. The highest BCUT2D eigenvalue weighted by Gasteiger charge is 2.18. The Morgan fingerprint density at radius 1 is 0.323 bits per heavy atom. The number of aromatic nitrogens is 2. The highest BCUT2D eigenvalue weighted by Crippen LogP contribution is 2.42. The van der Waals surface area contributed by atoms with Crippen LogP contribution >= 0.6 is 11.3 Å². The van der Waals surface area contributed by atoms with Crippen LogP contribution in [0.4, 0.5) is 17.1 Å². The zero-order valence-corrected chi connectivity index (χ0v) is 34.4. The summed E-state index contributed by atoms with van der Waals surface area (Å²) in [6.45, 7) is 0. The monoisotopic (exact) mass is 807 g/mol. The van der Waals surface area contributed by atoms with Crippen LogP contribution in [0, 0.1) is 0 Å². The van der Waals surface area contributed by atoms with Gasteiger partial charge in [0.2, 0.25) is 0 Å². The maximum atomic E-state index is 5.48. The summed E-state index contributed by atoms with van der Waals surface area (Å²) < 4.78 is 2.58. The third-order valence-corrected chi connectivity index (χ3v) is 13.2. The number of hydrogen-bond donors (Lipinski definition) is 0. The molecule has 62 heavy (non-hydrogen) atoms. The van der Waals surface area contributed by atoms with Crippen LogP contribution in [0.25, 0.3) is 97.5 Å². The molecule has 0 aliphatic rings. The van der Waals surface area contributed by atoms with Crippen molar-refractivity contribution in [2.45, 2.75) is 0 Å². The Morgan fingerprint density at radius 3 is 1.52 bits per heavy atom. The van der Waals surface area contributed by atoms with Gasteiger partial charge in [-0.15, -0.1) is 11.3 Å². The van der Waals surface area contributed by atoms with E-state index in [0.717, 1.165) is 77.9 Å². The molecule has 0 radical (unpaired) electrons. The van der Waals surface area contributed by atoms with Gasteiger partial charge < -0.3 is 4.90 Å². The number of nitrogens with zero attached hydrogens (tertiary/aromatic N) is 3. The molecule has 3 nitrogen and oxygen atoms in total. The van der Waals surface area contributed by atoms with Crippen LogP contribution in [0.5, 0.6) is 0 Å². The lowest BCUT2D eigenvalue weighted by molar-refractivity contribution is 1.29. The lowest BCUT2D eigenvalue weighted by atomic mass is 9.95. The van der Waals surface area contributed by atoms with Crippen molar-refractivity contribution in [3.63, 3.8) is 0 Å². The van der Waals surface area contributed by atoms with E-state index >= 15 is 0 Å². The quantitative estimate of drug-likeness (QED) is 0.150. The predicted molar refractivity (Wildman–Crippen MR) is 264 cm³/mol. The van der Waals surface area contributed by atoms with Crippen molar-refractivity contribution in [3.05, 3.63) is 224 Å². The molecule has 0 N–H and O–H groups in total. The summed E-state index contributed by atoms with van der Waals surface area (Å²) in [5.74, 6) is 0. The van der Waals surface area contributed by atoms with Crippen LogP contribution in [0.3, 0.4) is 0 Å². The Morgan fingerprint density at radius 2 is 0.823 bits per heavy atom. The van der Waals surface area contributed by atoms with Crippen molar-refractivity contribution in [1.29, 1.82) is 0 Å². The molecular weight excluding hydrogens is 771 g/mol. The second-order valence-electron chi connectivity index (χ2n) is 15.8. The molecule has 12 aromatic rings. The molecule has 2 aromatic heterocycles. The van der Waals surface area contributed by atoms with E-state index in [1.807, 2.05) is 23.5 Å².